The Bertz CT molecular complexity index is 1240. The molecule has 0 unspecified atom stereocenters. The summed E-state index contributed by atoms with van der Waals surface area (Å²) < 4.78 is 10.7. The molecule has 0 aliphatic carbocycles. The maximum absolute atomic E-state index is 12.6. The number of carbonyl (C=O) groups excluding carboxylic acids is 1. The number of rotatable bonds is 8. The summed E-state index contributed by atoms with van der Waals surface area (Å²) >= 11 is 2.72. The van der Waals surface area contributed by atoms with Crippen LogP contribution in [0.4, 0.5) is 16.2 Å². The summed E-state index contributed by atoms with van der Waals surface area (Å²) in [6.07, 6.45) is 2.69. The standard InChI is InChI=1S/C21H14N4O7S2/c26-21(31-19-3-1-15(24(27)28)5-13(19)7-17-9-22-11-33-17)32-20-4-2-16(25(29)30)6-14(20)8-18-10-23-12-34-18/h1-6,9-12H,7-8H2. The largest absolute Gasteiger partial charge is 0.519 e. The lowest BCUT2D eigenvalue weighted by Crippen LogP contribution is -2.16. The number of thiazole rings is 2. The third-order valence-electron chi connectivity index (χ3n) is 4.59. The van der Waals surface area contributed by atoms with Crippen molar-refractivity contribution in [2.45, 2.75) is 12.8 Å². The van der Waals surface area contributed by atoms with Crippen molar-refractivity contribution < 1.29 is 24.1 Å². The van der Waals surface area contributed by atoms with Crippen molar-refractivity contribution in [2.24, 2.45) is 0 Å². The molecular weight excluding hydrogens is 484 g/mol. The molecule has 0 atom stereocenters. The molecule has 0 N–H and O–H groups in total. The van der Waals surface area contributed by atoms with Gasteiger partial charge in [0.15, 0.2) is 0 Å². The van der Waals surface area contributed by atoms with Crippen molar-refractivity contribution >= 4 is 40.2 Å². The lowest BCUT2D eigenvalue weighted by atomic mass is 10.1. The molecule has 2 aromatic heterocycles. The van der Waals surface area contributed by atoms with Gasteiger partial charge in [0.1, 0.15) is 11.5 Å². The van der Waals surface area contributed by atoms with E-state index in [0.717, 1.165) is 9.75 Å². The number of benzene rings is 2. The second kappa shape index (κ2) is 10.1. The minimum absolute atomic E-state index is 0.0925. The summed E-state index contributed by atoms with van der Waals surface area (Å²) in [7, 11) is 0. The molecular formula is C21H14N4O7S2. The highest BCUT2D eigenvalue weighted by atomic mass is 32.1. The summed E-state index contributed by atoms with van der Waals surface area (Å²) in [5.74, 6) is 0.185. The smallest absolute Gasteiger partial charge is 0.394 e. The van der Waals surface area contributed by atoms with Crippen molar-refractivity contribution in [3.63, 3.8) is 0 Å². The van der Waals surface area contributed by atoms with Gasteiger partial charge < -0.3 is 9.47 Å². The predicted molar refractivity (Wildman–Crippen MR) is 123 cm³/mol. The van der Waals surface area contributed by atoms with Crippen LogP contribution in [0.15, 0.2) is 59.8 Å². The number of nitro benzene ring substituents is 2. The van der Waals surface area contributed by atoms with Gasteiger partial charge in [-0.15, -0.1) is 22.7 Å². The Hall–Kier alpha value is -4.23. The summed E-state index contributed by atoms with van der Waals surface area (Å²) in [5.41, 5.74) is 3.76. The van der Waals surface area contributed by atoms with Gasteiger partial charge in [-0.3, -0.25) is 30.2 Å². The van der Waals surface area contributed by atoms with Crippen LogP contribution in [-0.2, 0) is 12.8 Å². The highest BCUT2D eigenvalue weighted by Crippen LogP contribution is 2.30. The highest BCUT2D eigenvalue weighted by molar-refractivity contribution is 7.09. The number of ether oxygens (including phenoxy) is 2. The molecule has 2 aromatic carbocycles. The minimum Gasteiger partial charge on any atom is -0.394 e. The fourth-order valence-corrected chi connectivity index (χ4v) is 4.30. The number of nitro groups is 2. The van der Waals surface area contributed by atoms with Crippen LogP contribution in [0.25, 0.3) is 0 Å². The van der Waals surface area contributed by atoms with E-state index < -0.39 is 16.0 Å². The number of hydrogen-bond donors (Lipinski definition) is 0. The molecule has 4 aromatic rings. The van der Waals surface area contributed by atoms with E-state index in [4.69, 9.17) is 9.47 Å². The third kappa shape index (κ3) is 5.57. The van der Waals surface area contributed by atoms with Crippen LogP contribution in [0.5, 0.6) is 11.5 Å². The van der Waals surface area contributed by atoms with Crippen molar-refractivity contribution in [2.75, 3.05) is 0 Å². The van der Waals surface area contributed by atoms with Crippen LogP contribution in [0.1, 0.15) is 20.9 Å². The second-order valence-corrected chi connectivity index (χ2v) is 8.78. The first-order valence-electron chi connectivity index (χ1n) is 9.58. The van der Waals surface area contributed by atoms with Crippen LogP contribution in [0, 0.1) is 20.2 Å². The van der Waals surface area contributed by atoms with Crippen molar-refractivity contribution in [1.29, 1.82) is 0 Å². The van der Waals surface area contributed by atoms with Crippen LogP contribution in [0.2, 0.25) is 0 Å². The van der Waals surface area contributed by atoms with E-state index in [1.165, 1.54) is 59.1 Å². The molecule has 172 valence electrons. The van der Waals surface area contributed by atoms with Crippen LogP contribution >= 0.6 is 22.7 Å². The fraction of sp³-hybridized carbons (Fsp3) is 0.0952. The topological polar surface area (TPSA) is 148 Å². The molecule has 0 saturated carbocycles. The maximum Gasteiger partial charge on any atom is 0.519 e. The summed E-state index contributed by atoms with van der Waals surface area (Å²) in [4.78, 5) is 43.5. The molecule has 34 heavy (non-hydrogen) atoms. The first-order valence-corrected chi connectivity index (χ1v) is 11.3. The zero-order valence-corrected chi connectivity index (χ0v) is 18.8. The normalized spacial score (nSPS) is 10.6. The summed E-state index contributed by atoms with van der Waals surface area (Å²) in [6.45, 7) is 0. The molecule has 13 heteroatoms. The van der Waals surface area contributed by atoms with Gasteiger partial charge in [-0.2, -0.15) is 0 Å². The maximum atomic E-state index is 12.6. The first-order chi connectivity index (χ1) is 16.4. The quantitative estimate of drug-likeness (QED) is 0.139. The van der Waals surface area contributed by atoms with Gasteiger partial charge in [0.25, 0.3) is 11.4 Å². The average molecular weight is 498 g/mol. The Morgan fingerprint density at radius 3 is 1.59 bits per heavy atom. The highest BCUT2D eigenvalue weighted by Gasteiger charge is 2.20. The predicted octanol–water partition coefficient (Wildman–Crippen LogP) is 5.18. The minimum atomic E-state index is -1.08. The van der Waals surface area contributed by atoms with Crippen molar-refractivity contribution in [1.82, 2.24) is 9.97 Å². The molecule has 0 spiro atoms. The van der Waals surface area contributed by atoms with Gasteiger partial charge in [-0.05, 0) is 12.1 Å². The van der Waals surface area contributed by atoms with Gasteiger partial charge in [-0.1, -0.05) is 0 Å². The van der Waals surface area contributed by atoms with Gasteiger partial charge in [0.05, 0.1) is 20.9 Å². The van der Waals surface area contributed by atoms with E-state index in [-0.39, 0.29) is 35.7 Å². The van der Waals surface area contributed by atoms with Gasteiger partial charge in [-0.25, -0.2) is 4.79 Å². The first kappa shape index (κ1) is 22.9. The van der Waals surface area contributed by atoms with E-state index in [1.807, 2.05) is 0 Å². The molecule has 0 fully saturated rings. The number of aromatic nitrogens is 2. The zero-order valence-electron chi connectivity index (χ0n) is 17.2. The van der Waals surface area contributed by atoms with Crippen molar-refractivity contribution in [3.8, 4) is 11.5 Å². The molecule has 0 amide bonds. The summed E-state index contributed by atoms with van der Waals surface area (Å²) in [5, 5.41) is 22.4. The Balaban J connectivity index is 1.57. The zero-order chi connectivity index (χ0) is 24.1. The third-order valence-corrected chi connectivity index (χ3v) is 6.15. The molecule has 0 bridgehead atoms. The van der Waals surface area contributed by atoms with Crippen LogP contribution < -0.4 is 9.47 Å². The molecule has 0 aliphatic rings. The molecule has 11 nitrogen and oxygen atoms in total. The van der Waals surface area contributed by atoms with Crippen molar-refractivity contribution in [3.05, 3.63) is 101 Å². The molecule has 0 radical (unpaired) electrons. The monoisotopic (exact) mass is 498 g/mol. The van der Waals surface area contributed by atoms with Gasteiger partial charge in [0, 0.05) is 70.4 Å². The second-order valence-electron chi connectivity index (χ2n) is 6.84. The van der Waals surface area contributed by atoms with Crippen LogP contribution in [-0.4, -0.2) is 26.0 Å². The van der Waals surface area contributed by atoms with E-state index in [2.05, 4.69) is 9.97 Å². The molecule has 2 heterocycles. The lowest BCUT2D eigenvalue weighted by Gasteiger charge is -2.12. The Morgan fingerprint density at radius 1 is 0.794 bits per heavy atom. The number of nitrogens with zero attached hydrogens (tertiary/aromatic N) is 4. The van der Waals surface area contributed by atoms with E-state index in [0.29, 0.717) is 11.1 Å². The molecule has 0 saturated heterocycles. The summed E-state index contributed by atoms with van der Waals surface area (Å²) in [6, 6.07) is 7.74. The molecule has 4 rings (SSSR count). The Kier molecular flexibility index (Phi) is 6.85. The fourth-order valence-electron chi connectivity index (χ4n) is 3.07. The Labute approximate surface area is 199 Å². The number of hydrogen-bond acceptors (Lipinski definition) is 11. The molecule has 0 aliphatic heterocycles. The van der Waals surface area contributed by atoms with Gasteiger partial charge >= 0.3 is 6.16 Å². The lowest BCUT2D eigenvalue weighted by molar-refractivity contribution is -0.385. The number of carbonyl (C=O) groups is 1. The Morgan fingerprint density at radius 2 is 1.24 bits per heavy atom. The van der Waals surface area contributed by atoms with E-state index in [1.54, 1.807) is 23.4 Å². The van der Waals surface area contributed by atoms with Gasteiger partial charge in [0.2, 0.25) is 0 Å². The van der Waals surface area contributed by atoms with E-state index >= 15 is 0 Å². The van der Waals surface area contributed by atoms with E-state index in [9.17, 15) is 25.0 Å². The van der Waals surface area contributed by atoms with Crippen LogP contribution in [0.3, 0.4) is 0 Å². The SMILES string of the molecule is O=C(Oc1ccc([N+](=O)[O-])cc1Cc1cncs1)Oc1ccc([N+](=O)[O-])cc1Cc1cncs1. The number of non-ortho nitro benzene ring substituents is 2. The average Bonchev–Trinajstić information content (AvgIpc) is 3.50.